The Morgan fingerprint density at radius 1 is 1.43 bits per heavy atom. The predicted molar refractivity (Wildman–Crippen MR) is 68.7 cm³/mol. The molecule has 6 nitrogen and oxygen atoms in total. The molecule has 0 aromatic heterocycles. The van der Waals surface area contributed by atoms with Crippen molar-refractivity contribution >= 4 is 11.6 Å². The molecule has 1 aromatic rings. The van der Waals surface area contributed by atoms with Crippen molar-refractivity contribution in [2.24, 2.45) is 5.92 Å². The molecule has 114 valence electrons. The summed E-state index contributed by atoms with van der Waals surface area (Å²) in [4.78, 5) is 23.6. The highest BCUT2D eigenvalue weighted by atomic mass is 19.2. The summed E-state index contributed by atoms with van der Waals surface area (Å²) in [6, 6.07) is 0.967. The van der Waals surface area contributed by atoms with Crippen molar-refractivity contribution in [2.75, 3.05) is 19.7 Å². The van der Waals surface area contributed by atoms with Crippen LogP contribution in [0.15, 0.2) is 12.1 Å². The van der Waals surface area contributed by atoms with Crippen LogP contribution in [0.4, 0.5) is 14.5 Å². The van der Waals surface area contributed by atoms with Gasteiger partial charge in [-0.25, -0.2) is 8.78 Å². The summed E-state index contributed by atoms with van der Waals surface area (Å²) in [6.07, 6.45) is 1.40. The minimum absolute atomic E-state index is 0.0936. The monoisotopic (exact) mass is 300 g/mol. The van der Waals surface area contributed by atoms with Crippen molar-refractivity contribution in [1.29, 1.82) is 0 Å². The number of nitro benzene ring substituents is 1. The van der Waals surface area contributed by atoms with Gasteiger partial charge in [0.1, 0.15) is 5.56 Å². The van der Waals surface area contributed by atoms with Gasteiger partial charge in [-0.1, -0.05) is 0 Å². The number of nitro groups is 1. The third-order valence-electron chi connectivity index (χ3n) is 3.53. The maximum atomic E-state index is 13.3. The Hall–Kier alpha value is -2.09. The van der Waals surface area contributed by atoms with Gasteiger partial charge in [-0.3, -0.25) is 14.9 Å². The molecule has 1 atom stereocenters. The van der Waals surface area contributed by atoms with Gasteiger partial charge in [0.2, 0.25) is 0 Å². The van der Waals surface area contributed by atoms with Crippen LogP contribution in [0.5, 0.6) is 0 Å². The minimum Gasteiger partial charge on any atom is -0.396 e. The first-order valence-electron chi connectivity index (χ1n) is 6.47. The van der Waals surface area contributed by atoms with E-state index < -0.39 is 33.7 Å². The second-order valence-corrected chi connectivity index (χ2v) is 4.98. The molecule has 1 saturated heterocycles. The molecule has 21 heavy (non-hydrogen) atoms. The van der Waals surface area contributed by atoms with E-state index in [1.54, 1.807) is 0 Å². The summed E-state index contributed by atoms with van der Waals surface area (Å²) < 4.78 is 26.4. The van der Waals surface area contributed by atoms with Crippen molar-refractivity contribution in [2.45, 2.75) is 12.8 Å². The normalized spacial score (nSPS) is 18.6. The number of benzene rings is 1. The molecule has 0 aliphatic carbocycles. The highest BCUT2D eigenvalue weighted by Crippen LogP contribution is 2.26. The molecule has 1 N–H and O–H groups in total. The standard InChI is InChI=1S/C13H14F2N2O4/c14-10-4-9(12(17(20)21)5-11(10)15)13(19)16-3-1-2-8(6-16)7-18/h4-5,8,18H,1-3,6-7H2. The van der Waals surface area contributed by atoms with E-state index in [1.165, 1.54) is 4.90 Å². The number of hydrogen-bond donors (Lipinski definition) is 1. The van der Waals surface area contributed by atoms with E-state index in [1.807, 2.05) is 0 Å². The van der Waals surface area contributed by atoms with Crippen LogP contribution in [0.25, 0.3) is 0 Å². The molecule has 1 unspecified atom stereocenters. The van der Waals surface area contributed by atoms with E-state index in [9.17, 15) is 23.7 Å². The molecular formula is C13H14F2N2O4. The molecule has 1 amide bonds. The molecule has 8 heteroatoms. The highest BCUT2D eigenvalue weighted by Gasteiger charge is 2.30. The van der Waals surface area contributed by atoms with Crippen molar-refractivity contribution in [3.63, 3.8) is 0 Å². The Balaban J connectivity index is 2.34. The quantitative estimate of drug-likeness (QED) is 0.680. The topological polar surface area (TPSA) is 83.7 Å². The highest BCUT2D eigenvalue weighted by molar-refractivity contribution is 5.98. The Bertz CT molecular complexity index is 580. The van der Waals surface area contributed by atoms with Crippen molar-refractivity contribution in [3.05, 3.63) is 39.4 Å². The summed E-state index contributed by atoms with van der Waals surface area (Å²) in [7, 11) is 0. The predicted octanol–water partition coefficient (Wildman–Crippen LogP) is 1.72. The summed E-state index contributed by atoms with van der Waals surface area (Å²) in [5.41, 5.74) is -1.23. The molecule has 0 radical (unpaired) electrons. The van der Waals surface area contributed by atoms with Crippen LogP contribution >= 0.6 is 0 Å². The fraction of sp³-hybridized carbons (Fsp3) is 0.462. The van der Waals surface area contributed by atoms with Gasteiger partial charge in [0, 0.05) is 19.7 Å². The van der Waals surface area contributed by atoms with E-state index in [0.717, 1.165) is 6.42 Å². The molecule has 2 rings (SSSR count). The van der Waals surface area contributed by atoms with Gasteiger partial charge in [-0.05, 0) is 24.8 Å². The number of carbonyl (C=O) groups is 1. The number of halogens is 2. The molecule has 0 spiro atoms. The molecule has 1 aromatic carbocycles. The number of hydrogen-bond acceptors (Lipinski definition) is 4. The zero-order chi connectivity index (χ0) is 15.6. The second kappa shape index (κ2) is 6.13. The van der Waals surface area contributed by atoms with Crippen LogP contribution in [0.2, 0.25) is 0 Å². The van der Waals surface area contributed by atoms with Gasteiger partial charge in [-0.15, -0.1) is 0 Å². The molecule has 1 aliphatic heterocycles. The fourth-order valence-corrected chi connectivity index (χ4v) is 2.43. The van der Waals surface area contributed by atoms with Gasteiger partial charge >= 0.3 is 0 Å². The van der Waals surface area contributed by atoms with E-state index in [2.05, 4.69) is 0 Å². The average molecular weight is 300 g/mol. The number of amides is 1. The lowest BCUT2D eigenvalue weighted by molar-refractivity contribution is -0.385. The van der Waals surface area contributed by atoms with Crippen LogP contribution in [0.3, 0.4) is 0 Å². The zero-order valence-electron chi connectivity index (χ0n) is 11.1. The average Bonchev–Trinajstić information content (AvgIpc) is 2.48. The number of likely N-dealkylation sites (tertiary alicyclic amines) is 1. The van der Waals surface area contributed by atoms with Gasteiger partial charge in [-0.2, -0.15) is 0 Å². The third-order valence-corrected chi connectivity index (χ3v) is 3.53. The lowest BCUT2D eigenvalue weighted by Crippen LogP contribution is -2.41. The Labute approximate surface area is 119 Å². The van der Waals surface area contributed by atoms with E-state index in [0.29, 0.717) is 25.1 Å². The fourth-order valence-electron chi connectivity index (χ4n) is 2.43. The summed E-state index contributed by atoms with van der Waals surface area (Å²) in [5.74, 6) is -3.50. The Morgan fingerprint density at radius 2 is 2.10 bits per heavy atom. The number of rotatable bonds is 3. The molecule has 1 heterocycles. The maximum Gasteiger partial charge on any atom is 0.285 e. The Kier molecular flexibility index (Phi) is 4.46. The Morgan fingerprint density at radius 3 is 2.71 bits per heavy atom. The van der Waals surface area contributed by atoms with Crippen molar-refractivity contribution in [1.82, 2.24) is 4.90 Å². The van der Waals surface area contributed by atoms with Crippen molar-refractivity contribution in [3.8, 4) is 0 Å². The van der Waals surface area contributed by atoms with Gasteiger partial charge in [0.15, 0.2) is 11.6 Å². The van der Waals surface area contributed by atoms with Crippen LogP contribution in [0, 0.1) is 27.7 Å². The largest absolute Gasteiger partial charge is 0.396 e. The molecule has 0 bridgehead atoms. The molecular weight excluding hydrogens is 286 g/mol. The summed E-state index contributed by atoms with van der Waals surface area (Å²) in [5, 5.41) is 20.0. The number of aliphatic hydroxyl groups excluding tert-OH is 1. The number of piperidine rings is 1. The van der Waals surface area contributed by atoms with E-state index in [4.69, 9.17) is 5.11 Å². The molecule has 0 saturated carbocycles. The zero-order valence-corrected chi connectivity index (χ0v) is 11.1. The minimum atomic E-state index is -1.37. The number of carbonyl (C=O) groups excluding carboxylic acids is 1. The van der Waals surface area contributed by atoms with Crippen molar-refractivity contribution < 1.29 is 23.6 Å². The third kappa shape index (κ3) is 3.15. The molecule has 1 fully saturated rings. The van der Waals surface area contributed by atoms with Gasteiger partial charge < -0.3 is 10.0 Å². The molecule has 1 aliphatic rings. The smallest absolute Gasteiger partial charge is 0.285 e. The van der Waals surface area contributed by atoms with Gasteiger partial charge in [0.25, 0.3) is 11.6 Å². The van der Waals surface area contributed by atoms with E-state index >= 15 is 0 Å². The summed E-state index contributed by atoms with van der Waals surface area (Å²) in [6.45, 7) is 0.515. The SMILES string of the molecule is O=C(c1cc(F)c(F)cc1[N+](=O)[O-])N1CCCC(CO)C1. The van der Waals surface area contributed by atoms with Crippen LogP contribution in [-0.4, -0.2) is 40.5 Å². The number of nitrogens with zero attached hydrogens (tertiary/aromatic N) is 2. The first-order chi connectivity index (χ1) is 9.93. The van der Waals surface area contributed by atoms with Crippen LogP contribution in [-0.2, 0) is 0 Å². The number of aliphatic hydroxyl groups is 1. The lowest BCUT2D eigenvalue weighted by atomic mass is 9.98. The van der Waals surface area contributed by atoms with Crippen LogP contribution < -0.4 is 0 Å². The van der Waals surface area contributed by atoms with Crippen LogP contribution in [0.1, 0.15) is 23.2 Å². The van der Waals surface area contributed by atoms with Gasteiger partial charge in [0.05, 0.1) is 11.0 Å². The second-order valence-electron chi connectivity index (χ2n) is 4.98. The first-order valence-corrected chi connectivity index (χ1v) is 6.47. The summed E-state index contributed by atoms with van der Waals surface area (Å²) >= 11 is 0. The maximum absolute atomic E-state index is 13.3. The first kappa shape index (κ1) is 15.3. The lowest BCUT2D eigenvalue weighted by Gasteiger charge is -2.31. The van der Waals surface area contributed by atoms with E-state index in [-0.39, 0.29) is 19.1 Å².